The fourth-order valence-electron chi connectivity index (χ4n) is 3.96. The maximum atomic E-state index is 10.8. The zero-order chi connectivity index (χ0) is 21.8. The second-order valence-corrected chi connectivity index (χ2v) is 9.11. The van der Waals surface area contributed by atoms with Crippen LogP contribution in [0.3, 0.4) is 0 Å². The van der Waals surface area contributed by atoms with Crippen LogP contribution in [-0.4, -0.2) is 52.6 Å². The number of nitrogens with two attached hydrogens (primary N) is 1. The van der Waals surface area contributed by atoms with Gasteiger partial charge in [0.15, 0.2) is 0 Å². The summed E-state index contributed by atoms with van der Waals surface area (Å²) in [7, 11) is 1.59. The molecule has 1 fully saturated rings. The molecule has 0 amide bonds. The van der Waals surface area contributed by atoms with Crippen LogP contribution in [0.25, 0.3) is 0 Å². The van der Waals surface area contributed by atoms with Gasteiger partial charge in [0.2, 0.25) is 0 Å². The molecule has 0 spiro atoms. The lowest BCUT2D eigenvalue weighted by Crippen LogP contribution is -2.53. The summed E-state index contributed by atoms with van der Waals surface area (Å²) in [5, 5.41) is 30.1. The Bertz CT molecular complexity index is 842. The Labute approximate surface area is 182 Å². The smallest absolute Gasteiger partial charge is 0.123 e. The van der Waals surface area contributed by atoms with Crippen LogP contribution in [0.5, 0.6) is 5.75 Å². The molecular weight excluding hydrogens is 402 g/mol. The van der Waals surface area contributed by atoms with Crippen molar-refractivity contribution in [2.24, 2.45) is 5.90 Å². The predicted molar refractivity (Wildman–Crippen MR) is 119 cm³/mol. The maximum Gasteiger partial charge on any atom is 0.123 e. The molecule has 0 radical (unpaired) electrons. The largest absolute Gasteiger partial charge is 0.496 e. The van der Waals surface area contributed by atoms with Gasteiger partial charge < -0.3 is 20.1 Å². The summed E-state index contributed by atoms with van der Waals surface area (Å²) >= 11 is 1.34. The first-order valence-electron chi connectivity index (χ1n) is 10.2. The van der Waals surface area contributed by atoms with Gasteiger partial charge in [-0.2, -0.15) is 0 Å². The molecule has 7 heteroatoms. The molecule has 5 atom stereocenters. The van der Waals surface area contributed by atoms with E-state index in [1.807, 2.05) is 19.1 Å². The first-order valence-corrected chi connectivity index (χ1v) is 11.1. The van der Waals surface area contributed by atoms with Crippen molar-refractivity contribution in [2.75, 3.05) is 13.7 Å². The molecule has 2 aromatic carbocycles. The summed E-state index contributed by atoms with van der Waals surface area (Å²) in [5.74, 6) is 5.94. The minimum atomic E-state index is -1.21. The van der Waals surface area contributed by atoms with Crippen molar-refractivity contribution in [2.45, 2.75) is 55.5 Å². The van der Waals surface area contributed by atoms with Crippen LogP contribution in [-0.2, 0) is 17.7 Å². The number of methoxy groups -OCH3 is 1. The second-order valence-electron chi connectivity index (χ2n) is 7.73. The Balaban J connectivity index is 1.96. The van der Waals surface area contributed by atoms with Gasteiger partial charge in [-0.1, -0.05) is 37.3 Å². The van der Waals surface area contributed by atoms with Crippen molar-refractivity contribution in [3.8, 4) is 5.75 Å². The number of ether oxygens (including phenoxy) is 1. The normalized spacial score (nSPS) is 26.6. The second kappa shape index (κ2) is 10.1. The Hall–Kier alpha value is -1.61. The number of hydrogen-bond acceptors (Lipinski definition) is 7. The average molecular weight is 434 g/mol. The zero-order valence-corrected chi connectivity index (χ0v) is 18.4. The topological polar surface area (TPSA) is 105 Å². The van der Waals surface area contributed by atoms with Gasteiger partial charge in [0.05, 0.1) is 30.3 Å². The van der Waals surface area contributed by atoms with E-state index in [0.29, 0.717) is 5.75 Å². The quantitative estimate of drug-likeness (QED) is 0.497. The summed E-state index contributed by atoms with van der Waals surface area (Å²) in [6.45, 7) is 3.95. The van der Waals surface area contributed by atoms with Gasteiger partial charge in [-0.25, -0.2) is 5.90 Å². The number of aryl methyl sites for hydroxylation is 2. The summed E-state index contributed by atoms with van der Waals surface area (Å²) < 4.78 is 5.60. The van der Waals surface area contributed by atoms with Gasteiger partial charge >= 0.3 is 0 Å². The molecule has 2 aromatic rings. The van der Waals surface area contributed by atoms with Gasteiger partial charge in [0.1, 0.15) is 18.0 Å². The van der Waals surface area contributed by atoms with E-state index in [4.69, 9.17) is 15.5 Å². The minimum Gasteiger partial charge on any atom is -0.496 e. The Morgan fingerprint density at radius 1 is 1.07 bits per heavy atom. The highest BCUT2D eigenvalue weighted by molar-refractivity contribution is 8.00. The summed E-state index contributed by atoms with van der Waals surface area (Å²) in [6.07, 6.45) is -1.42. The molecule has 6 nitrogen and oxygen atoms in total. The molecule has 0 saturated carbocycles. The van der Waals surface area contributed by atoms with E-state index in [-0.39, 0.29) is 6.61 Å². The number of aliphatic hydroxyl groups is 3. The minimum absolute atomic E-state index is 0.225. The van der Waals surface area contributed by atoms with Crippen molar-refractivity contribution in [1.29, 1.82) is 0 Å². The van der Waals surface area contributed by atoms with Crippen LogP contribution in [0.1, 0.15) is 40.0 Å². The average Bonchev–Trinajstić information content (AvgIpc) is 2.77. The molecule has 0 aromatic heterocycles. The van der Waals surface area contributed by atoms with Crippen LogP contribution in [0.4, 0.5) is 0 Å². The molecule has 5 N–H and O–H groups in total. The lowest BCUT2D eigenvalue weighted by Gasteiger charge is -2.41. The fraction of sp³-hybridized carbons (Fsp3) is 0.478. The first kappa shape index (κ1) is 23.1. The highest BCUT2D eigenvalue weighted by Crippen LogP contribution is 2.47. The van der Waals surface area contributed by atoms with Crippen LogP contribution < -0.4 is 10.6 Å². The van der Waals surface area contributed by atoms with E-state index < -0.39 is 28.8 Å². The third-order valence-electron chi connectivity index (χ3n) is 5.84. The number of aliphatic hydroxyl groups excluding tert-OH is 3. The highest BCUT2D eigenvalue weighted by atomic mass is 32.2. The van der Waals surface area contributed by atoms with Gasteiger partial charge in [-0.05, 0) is 48.1 Å². The highest BCUT2D eigenvalue weighted by Gasteiger charge is 2.46. The Kier molecular flexibility index (Phi) is 7.79. The molecule has 0 bridgehead atoms. The van der Waals surface area contributed by atoms with E-state index in [9.17, 15) is 15.3 Å². The SMILES string of the molecule is CCc1ccc(Cc2cc([C@@H]3S[C@H](CO)[C@@H](ON)[C@H](O)[C@H]3O)c(OC)cc2C)cc1. The van der Waals surface area contributed by atoms with E-state index in [2.05, 4.69) is 31.2 Å². The molecule has 3 rings (SSSR count). The lowest BCUT2D eigenvalue weighted by atomic mass is 9.92. The summed E-state index contributed by atoms with van der Waals surface area (Å²) in [5.41, 5.74) is 5.50. The number of rotatable bonds is 7. The Morgan fingerprint density at radius 2 is 1.73 bits per heavy atom. The van der Waals surface area contributed by atoms with Crippen LogP contribution in [0, 0.1) is 6.92 Å². The third kappa shape index (κ3) is 4.66. The molecule has 0 aliphatic carbocycles. The molecule has 0 unspecified atom stereocenters. The number of hydrogen-bond donors (Lipinski definition) is 4. The van der Waals surface area contributed by atoms with Crippen molar-refractivity contribution in [3.63, 3.8) is 0 Å². The van der Waals surface area contributed by atoms with Crippen LogP contribution in [0.2, 0.25) is 0 Å². The molecule has 30 heavy (non-hydrogen) atoms. The number of benzene rings is 2. The van der Waals surface area contributed by atoms with Crippen molar-refractivity contribution in [3.05, 3.63) is 64.2 Å². The van der Waals surface area contributed by atoms with Gasteiger partial charge in [-0.3, -0.25) is 4.84 Å². The van der Waals surface area contributed by atoms with Crippen LogP contribution >= 0.6 is 11.8 Å². The van der Waals surface area contributed by atoms with E-state index >= 15 is 0 Å². The third-order valence-corrected chi connectivity index (χ3v) is 7.44. The zero-order valence-electron chi connectivity index (χ0n) is 17.6. The van der Waals surface area contributed by atoms with E-state index in [1.165, 1.54) is 22.9 Å². The molecule has 1 heterocycles. The predicted octanol–water partition coefficient (Wildman–Crippen LogP) is 2.29. The monoisotopic (exact) mass is 433 g/mol. The number of thioether (sulfide) groups is 1. The van der Waals surface area contributed by atoms with Crippen molar-refractivity contribution in [1.82, 2.24) is 0 Å². The fourth-order valence-corrected chi connectivity index (χ4v) is 5.46. The Morgan fingerprint density at radius 3 is 2.30 bits per heavy atom. The van der Waals surface area contributed by atoms with E-state index in [0.717, 1.165) is 29.5 Å². The maximum absolute atomic E-state index is 10.8. The summed E-state index contributed by atoms with van der Waals surface area (Å²) in [4.78, 5) is 4.84. The van der Waals surface area contributed by atoms with E-state index in [1.54, 1.807) is 7.11 Å². The van der Waals surface area contributed by atoms with Crippen molar-refractivity contribution < 1.29 is 24.9 Å². The molecule has 1 saturated heterocycles. The molecule has 1 aliphatic rings. The molecular formula is C23H31NO5S. The van der Waals surface area contributed by atoms with Crippen molar-refractivity contribution >= 4 is 11.8 Å². The van der Waals surface area contributed by atoms with Crippen LogP contribution in [0.15, 0.2) is 36.4 Å². The summed E-state index contributed by atoms with van der Waals surface area (Å²) in [6, 6.07) is 12.6. The molecule has 164 valence electrons. The van der Waals surface area contributed by atoms with Gasteiger partial charge in [-0.15, -0.1) is 11.8 Å². The molecule has 1 aliphatic heterocycles. The van der Waals surface area contributed by atoms with Gasteiger partial charge in [0, 0.05) is 5.56 Å². The van der Waals surface area contributed by atoms with Gasteiger partial charge in [0.25, 0.3) is 0 Å². The lowest BCUT2D eigenvalue weighted by molar-refractivity contribution is -0.101. The standard InChI is InChI=1S/C23H31NO5S/c1-4-14-5-7-15(8-6-14)10-16-11-17(18(28-3)9-13(16)2)23-21(27)20(26)22(29-24)19(12-25)30-23/h5-9,11,19-23,25-27H,4,10,12,24H2,1-3H3/t19-,20-,21-,22-,23+/m1/s1. The first-order chi connectivity index (χ1) is 14.4.